The van der Waals surface area contributed by atoms with Crippen LogP contribution >= 0.6 is 23.4 Å². The van der Waals surface area contributed by atoms with E-state index in [1.165, 1.54) is 30.8 Å². The summed E-state index contributed by atoms with van der Waals surface area (Å²) in [6.07, 6.45) is 0. The minimum atomic E-state index is -3.76. The van der Waals surface area contributed by atoms with Crippen LogP contribution < -0.4 is 10.0 Å². The molecule has 0 fully saturated rings. The van der Waals surface area contributed by atoms with Crippen LogP contribution in [0, 0.1) is 0 Å². The van der Waals surface area contributed by atoms with Gasteiger partial charge >= 0.3 is 0 Å². The third-order valence-corrected chi connectivity index (χ3v) is 6.70. The van der Waals surface area contributed by atoms with Crippen molar-refractivity contribution >= 4 is 50.7 Å². The molecule has 0 radical (unpaired) electrons. The third kappa shape index (κ3) is 6.00. The molecule has 0 heterocycles. The Kier molecular flexibility index (Phi) is 6.84. The van der Waals surface area contributed by atoms with Crippen molar-refractivity contribution in [2.45, 2.75) is 22.5 Å². The number of sulfonamides is 1. The summed E-state index contributed by atoms with van der Waals surface area (Å²) in [5.74, 6) is 0.465. The molecule has 0 bridgehead atoms. The number of anilines is 2. The number of nitrogens with one attached hydrogen (secondary N) is 2. The van der Waals surface area contributed by atoms with Crippen molar-refractivity contribution in [1.82, 2.24) is 0 Å². The first kappa shape index (κ1) is 21.2. The summed E-state index contributed by atoms with van der Waals surface area (Å²) < 4.78 is 28.2. The van der Waals surface area contributed by atoms with Crippen LogP contribution in [-0.2, 0) is 20.6 Å². The third-order valence-electron chi connectivity index (χ3n) is 3.92. The van der Waals surface area contributed by atoms with E-state index >= 15 is 0 Å². The van der Waals surface area contributed by atoms with Crippen LogP contribution in [0.5, 0.6) is 0 Å². The predicted octanol–water partition coefficient (Wildman–Crippen LogP) is 5.39. The number of para-hydroxylation sites is 1. The summed E-state index contributed by atoms with van der Waals surface area (Å²) in [7, 11) is -3.76. The summed E-state index contributed by atoms with van der Waals surface area (Å²) in [6, 6.07) is 20.8. The number of amides is 1. The van der Waals surface area contributed by atoms with Crippen molar-refractivity contribution in [3.63, 3.8) is 0 Å². The highest BCUT2D eigenvalue weighted by molar-refractivity contribution is 7.98. The number of halogens is 1. The average molecular weight is 447 g/mol. The summed E-state index contributed by atoms with van der Waals surface area (Å²) in [4.78, 5) is 12.0. The fourth-order valence-corrected chi connectivity index (χ4v) is 4.78. The van der Waals surface area contributed by atoms with E-state index in [4.69, 9.17) is 11.6 Å². The lowest BCUT2D eigenvalue weighted by Gasteiger charge is -2.13. The molecule has 0 aliphatic carbocycles. The van der Waals surface area contributed by atoms with Gasteiger partial charge in [0, 0.05) is 28.3 Å². The highest BCUT2D eigenvalue weighted by Gasteiger charge is 2.16. The zero-order chi connectivity index (χ0) is 20.9. The molecule has 5 nitrogen and oxygen atoms in total. The van der Waals surface area contributed by atoms with Gasteiger partial charge < -0.3 is 5.32 Å². The molecule has 1 amide bonds. The lowest BCUT2D eigenvalue weighted by molar-refractivity contribution is -0.114. The molecule has 3 aromatic rings. The van der Waals surface area contributed by atoms with E-state index < -0.39 is 10.0 Å². The van der Waals surface area contributed by atoms with Crippen LogP contribution in [0.3, 0.4) is 0 Å². The quantitative estimate of drug-likeness (QED) is 0.477. The minimum Gasteiger partial charge on any atom is -0.326 e. The SMILES string of the molecule is CC(=O)Nc1ccc(S(=O)(=O)Nc2ccccc2SCc2ccc(Cl)cc2)cc1. The molecule has 0 atom stereocenters. The Morgan fingerprint density at radius 1 is 0.966 bits per heavy atom. The van der Waals surface area contributed by atoms with Gasteiger partial charge in [0.1, 0.15) is 0 Å². The van der Waals surface area contributed by atoms with Crippen molar-refractivity contribution in [3.05, 3.63) is 83.4 Å². The van der Waals surface area contributed by atoms with Crippen molar-refractivity contribution in [3.8, 4) is 0 Å². The second-order valence-corrected chi connectivity index (χ2v) is 9.36. The maximum atomic E-state index is 12.8. The average Bonchev–Trinajstić information content (AvgIpc) is 2.68. The molecule has 150 valence electrons. The Balaban J connectivity index is 1.75. The fraction of sp³-hybridized carbons (Fsp3) is 0.0952. The van der Waals surface area contributed by atoms with Crippen molar-refractivity contribution < 1.29 is 13.2 Å². The van der Waals surface area contributed by atoms with Gasteiger partial charge in [-0.05, 0) is 54.1 Å². The van der Waals surface area contributed by atoms with Crippen molar-refractivity contribution in [2.75, 3.05) is 10.0 Å². The first-order chi connectivity index (χ1) is 13.8. The van der Waals surface area contributed by atoms with Crippen LogP contribution in [-0.4, -0.2) is 14.3 Å². The van der Waals surface area contributed by atoms with Gasteiger partial charge in [0.25, 0.3) is 10.0 Å². The molecule has 0 spiro atoms. The Bertz CT molecular complexity index is 1100. The second kappa shape index (κ2) is 9.35. The summed E-state index contributed by atoms with van der Waals surface area (Å²) >= 11 is 7.45. The Labute approximate surface area is 179 Å². The Morgan fingerprint density at radius 2 is 1.62 bits per heavy atom. The van der Waals surface area contributed by atoms with Crippen molar-refractivity contribution in [2.24, 2.45) is 0 Å². The standard InChI is InChI=1S/C21H19ClN2O3S2/c1-15(25)23-18-10-12-19(13-11-18)29(26,27)24-20-4-2-3-5-21(20)28-14-16-6-8-17(22)9-7-16/h2-13,24H,14H2,1H3,(H,23,25). The highest BCUT2D eigenvalue weighted by atomic mass is 35.5. The van der Waals surface area contributed by atoms with Gasteiger partial charge in [-0.2, -0.15) is 0 Å². The normalized spacial score (nSPS) is 11.1. The van der Waals surface area contributed by atoms with E-state index in [-0.39, 0.29) is 10.8 Å². The maximum Gasteiger partial charge on any atom is 0.261 e. The molecule has 0 saturated heterocycles. The lowest BCUT2D eigenvalue weighted by Crippen LogP contribution is -2.14. The first-order valence-corrected chi connectivity index (χ1v) is 11.5. The number of hydrogen-bond donors (Lipinski definition) is 2. The highest BCUT2D eigenvalue weighted by Crippen LogP contribution is 2.31. The van der Waals surface area contributed by atoms with E-state index in [1.54, 1.807) is 24.3 Å². The Hall–Kier alpha value is -2.48. The van der Waals surface area contributed by atoms with E-state index in [1.807, 2.05) is 36.4 Å². The van der Waals surface area contributed by atoms with Gasteiger partial charge in [-0.15, -0.1) is 11.8 Å². The Morgan fingerprint density at radius 3 is 2.28 bits per heavy atom. The van der Waals surface area contributed by atoms with Crippen molar-refractivity contribution in [1.29, 1.82) is 0 Å². The number of hydrogen-bond acceptors (Lipinski definition) is 4. The van der Waals surface area contributed by atoms with Gasteiger partial charge in [-0.25, -0.2) is 8.42 Å². The van der Waals surface area contributed by atoms with Crippen LogP contribution in [0.1, 0.15) is 12.5 Å². The molecule has 2 N–H and O–H groups in total. The number of thioether (sulfide) groups is 1. The van der Waals surface area contributed by atoms with E-state index in [0.717, 1.165) is 10.5 Å². The summed E-state index contributed by atoms with van der Waals surface area (Å²) in [5.41, 5.74) is 2.14. The van der Waals surface area contributed by atoms with Gasteiger partial charge in [-0.1, -0.05) is 35.9 Å². The molecule has 0 aromatic heterocycles. The molecule has 3 aromatic carbocycles. The largest absolute Gasteiger partial charge is 0.326 e. The smallest absolute Gasteiger partial charge is 0.261 e. The topological polar surface area (TPSA) is 75.3 Å². The molecule has 0 saturated carbocycles. The molecule has 0 aliphatic heterocycles. The fourth-order valence-electron chi connectivity index (χ4n) is 2.54. The molecule has 0 unspecified atom stereocenters. The summed E-state index contributed by atoms with van der Waals surface area (Å²) in [5, 5.41) is 3.29. The van der Waals surface area contributed by atoms with E-state index in [0.29, 0.717) is 22.2 Å². The van der Waals surface area contributed by atoms with Crippen LogP contribution in [0.25, 0.3) is 0 Å². The molecule has 29 heavy (non-hydrogen) atoms. The molecular formula is C21H19ClN2O3S2. The molecule has 8 heteroatoms. The van der Waals surface area contributed by atoms with Gasteiger partial charge in [-0.3, -0.25) is 9.52 Å². The lowest BCUT2D eigenvalue weighted by atomic mass is 10.2. The number of benzene rings is 3. The van der Waals surface area contributed by atoms with Crippen LogP contribution in [0.4, 0.5) is 11.4 Å². The first-order valence-electron chi connectivity index (χ1n) is 8.70. The zero-order valence-corrected chi connectivity index (χ0v) is 17.9. The van der Waals surface area contributed by atoms with Gasteiger partial charge in [0.2, 0.25) is 5.91 Å². The van der Waals surface area contributed by atoms with Crippen LogP contribution in [0.15, 0.2) is 82.6 Å². The number of rotatable bonds is 7. The molecular weight excluding hydrogens is 428 g/mol. The predicted molar refractivity (Wildman–Crippen MR) is 119 cm³/mol. The minimum absolute atomic E-state index is 0.115. The maximum absolute atomic E-state index is 12.8. The summed E-state index contributed by atoms with van der Waals surface area (Å²) in [6.45, 7) is 1.39. The molecule has 3 rings (SSSR count). The zero-order valence-electron chi connectivity index (χ0n) is 15.6. The monoisotopic (exact) mass is 446 g/mol. The van der Waals surface area contributed by atoms with Gasteiger partial charge in [0.05, 0.1) is 10.6 Å². The van der Waals surface area contributed by atoms with Gasteiger partial charge in [0.15, 0.2) is 0 Å². The number of carbonyl (C=O) groups is 1. The van der Waals surface area contributed by atoms with E-state index in [9.17, 15) is 13.2 Å². The van der Waals surface area contributed by atoms with Crippen LogP contribution in [0.2, 0.25) is 5.02 Å². The number of carbonyl (C=O) groups excluding carboxylic acids is 1. The second-order valence-electron chi connectivity index (χ2n) is 6.22. The molecule has 0 aliphatic rings. The van der Waals surface area contributed by atoms with E-state index in [2.05, 4.69) is 10.0 Å².